The molecule has 2 aromatic rings. The standard InChI is InChI=1S/C8H4Cl2N2O2/c9-5-2-1-4(3-6(5)10)7-11-8(13)14-12-7/h1-3H,(H,11,12,13). The second-order valence-electron chi connectivity index (χ2n) is 2.57. The lowest BCUT2D eigenvalue weighted by Crippen LogP contribution is -1.94. The summed E-state index contributed by atoms with van der Waals surface area (Å²) in [6.07, 6.45) is 0. The predicted octanol–water partition coefficient (Wildman–Crippen LogP) is 2.34. The van der Waals surface area contributed by atoms with Crippen LogP contribution >= 0.6 is 23.2 Å². The lowest BCUT2D eigenvalue weighted by Gasteiger charge is -1.97. The number of hydrogen-bond acceptors (Lipinski definition) is 3. The van der Waals surface area contributed by atoms with Gasteiger partial charge in [0.25, 0.3) is 0 Å². The molecule has 0 atom stereocenters. The lowest BCUT2D eigenvalue weighted by atomic mass is 10.2. The Labute approximate surface area is 88.4 Å². The van der Waals surface area contributed by atoms with Crippen molar-refractivity contribution < 1.29 is 4.52 Å². The third-order valence-corrected chi connectivity index (χ3v) is 2.37. The molecule has 0 aliphatic heterocycles. The van der Waals surface area contributed by atoms with Gasteiger partial charge in [0.15, 0.2) is 5.82 Å². The molecule has 2 rings (SSSR count). The van der Waals surface area contributed by atoms with E-state index in [4.69, 9.17) is 23.2 Å². The molecule has 14 heavy (non-hydrogen) atoms. The van der Waals surface area contributed by atoms with Crippen molar-refractivity contribution >= 4 is 23.2 Å². The van der Waals surface area contributed by atoms with Gasteiger partial charge >= 0.3 is 5.76 Å². The van der Waals surface area contributed by atoms with Gasteiger partial charge in [-0.1, -0.05) is 28.4 Å². The van der Waals surface area contributed by atoms with Crippen molar-refractivity contribution in [2.75, 3.05) is 0 Å². The van der Waals surface area contributed by atoms with Crippen molar-refractivity contribution in [1.29, 1.82) is 0 Å². The molecule has 1 heterocycles. The van der Waals surface area contributed by atoms with Crippen molar-refractivity contribution in [2.45, 2.75) is 0 Å². The fourth-order valence-electron chi connectivity index (χ4n) is 0.998. The summed E-state index contributed by atoms with van der Waals surface area (Å²) in [5.41, 5.74) is 0.644. The molecular formula is C8H4Cl2N2O2. The summed E-state index contributed by atoms with van der Waals surface area (Å²) in [6.45, 7) is 0. The Morgan fingerprint density at radius 2 is 2.07 bits per heavy atom. The van der Waals surface area contributed by atoms with Crippen LogP contribution in [0.1, 0.15) is 0 Å². The maximum atomic E-state index is 10.7. The molecule has 0 saturated heterocycles. The fourth-order valence-corrected chi connectivity index (χ4v) is 1.30. The van der Waals surface area contributed by atoms with Crippen LogP contribution in [-0.2, 0) is 0 Å². The highest BCUT2D eigenvalue weighted by Gasteiger charge is 2.06. The summed E-state index contributed by atoms with van der Waals surface area (Å²) >= 11 is 11.5. The second-order valence-corrected chi connectivity index (χ2v) is 3.39. The highest BCUT2D eigenvalue weighted by molar-refractivity contribution is 6.42. The van der Waals surface area contributed by atoms with E-state index < -0.39 is 5.76 Å². The molecule has 0 radical (unpaired) electrons. The Hall–Kier alpha value is -1.26. The SMILES string of the molecule is O=c1[nH]c(-c2ccc(Cl)c(Cl)c2)no1. The molecule has 0 fully saturated rings. The van der Waals surface area contributed by atoms with Crippen LogP contribution in [0.4, 0.5) is 0 Å². The van der Waals surface area contributed by atoms with Gasteiger partial charge in [-0.05, 0) is 18.2 Å². The first-order valence-corrected chi connectivity index (χ1v) is 4.44. The molecule has 1 aromatic heterocycles. The Morgan fingerprint density at radius 1 is 1.29 bits per heavy atom. The van der Waals surface area contributed by atoms with Crippen LogP contribution in [0.25, 0.3) is 11.4 Å². The summed E-state index contributed by atoms with van der Waals surface area (Å²) in [4.78, 5) is 13.1. The summed E-state index contributed by atoms with van der Waals surface area (Å²) in [7, 11) is 0. The number of hydrogen-bond donors (Lipinski definition) is 1. The Morgan fingerprint density at radius 3 is 2.64 bits per heavy atom. The third-order valence-electron chi connectivity index (χ3n) is 1.63. The molecule has 0 spiro atoms. The molecule has 6 heteroatoms. The lowest BCUT2D eigenvalue weighted by molar-refractivity contribution is 0.388. The summed E-state index contributed by atoms with van der Waals surface area (Å²) in [5.74, 6) is -0.278. The van der Waals surface area contributed by atoms with E-state index in [0.717, 1.165) is 0 Å². The number of rotatable bonds is 1. The minimum absolute atomic E-state index is 0.327. The van der Waals surface area contributed by atoms with E-state index >= 15 is 0 Å². The smallest absolute Gasteiger partial charge is 0.296 e. The molecule has 0 bridgehead atoms. The van der Waals surface area contributed by atoms with Crippen molar-refractivity contribution in [3.8, 4) is 11.4 Å². The number of aromatic amines is 1. The van der Waals surface area contributed by atoms with E-state index in [0.29, 0.717) is 21.4 Å². The van der Waals surface area contributed by atoms with Crippen LogP contribution in [0.3, 0.4) is 0 Å². The molecule has 1 aromatic carbocycles. The van der Waals surface area contributed by atoms with E-state index in [1.807, 2.05) is 0 Å². The van der Waals surface area contributed by atoms with Crippen LogP contribution in [-0.4, -0.2) is 10.1 Å². The van der Waals surface area contributed by atoms with Gasteiger partial charge in [0.1, 0.15) is 0 Å². The topological polar surface area (TPSA) is 58.9 Å². The van der Waals surface area contributed by atoms with E-state index in [1.165, 1.54) is 0 Å². The second kappa shape index (κ2) is 3.48. The zero-order valence-corrected chi connectivity index (χ0v) is 8.26. The largest absolute Gasteiger partial charge is 0.439 e. The number of halogens is 2. The fraction of sp³-hybridized carbons (Fsp3) is 0. The first-order chi connectivity index (χ1) is 6.66. The number of H-pyrrole nitrogens is 1. The molecular weight excluding hydrogens is 227 g/mol. The van der Waals surface area contributed by atoms with E-state index in [1.54, 1.807) is 18.2 Å². The Bertz CT molecular complexity index is 518. The van der Waals surface area contributed by atoms with Gasteiger partial charge < -0.3 is 0 Å². The normalized spacial score (nSPS) is 10.4. The minimum atomic E-state index is -0.605. The van der Waals surface area contributed by atoms with Gasteiger partial charge in [0.05, 0.1) is 10.0 Å². The number of nitrogens with zero attached hydrogens (tertiary/aromatic N) is 1. The zero-order chi connectivity index (χ0) is 10.1. The quantitative estimate of drug-likeness (QED) is 0.819. The zero-order valence-electron chi connectivity index (χ0n) is 6.75. The van der Waals surface area contributed by atoms with Gasteiger partial charge in [-0.15, -0.1) is 0 Å². The van der Waals surface area contributed by atoms with Gasteiger partial charge in [0.2, 0.25) is 0 Å². The highest BCUT2D eigenvalue weighted by Crippen LogP contribution is 2.26. The number of nitrogens with one attached hydrogen (secondary N) is 1. The monoisotopic (exact) mass is 230 g/mol. The maximum Gasteiger partial charge on any atom is 0.439 e. The molecule has 72 valence electrons. The third kappa shape index (κ3) is 1.66. The van der Waals surface area contributed by atoms with E-state index in [2.05, 4.69) is 14.7 Å². The van der Waals surface area contributed by atoms with E-state index in [-0.39, 0.29) is 0 Å². The van der Waals surface area contributed by atoms with Crippen LogP contribution in [0.5, 0.6) is 0 Å². The minimum Gasteiger partial charge on any atom is -0.296 e. The van der Waals surface area contributed by atoms with Gasteiger partial charge in [-0.3, -0.25) is 9.51 Å². The van der Waals surface area contributed by atoms with Gasteiger partial charge in [-0.25, -0.2) is 4.79 Å². The number of aromatic nitrogens is 2. The summed E-state index contributed by atoms with van der Waals surface area (Å²) in [6, 6.07) is 4.89. The molecule has 0 unspecified atom stereocenters. The molecule has 4 nitrogen and oxygen atoms in total. The van der Waals surface area contributed by atoms with Gasteiger partial charge in [0, 0.05) is 5.56 Å². The van der Waals surface area contributed by atoms with Crippen molar-refractivity contribution in [2.24, 2.45) is 0 Å². The van der Waals surface area contributed by atoms with Crippen LogP contribution in [0.2, 0.25) is 10.0 Å². The first kappa shape index (κ1) is 9.30. The summed E-state index contributed by atoms with van der Waals surface area (Å²) in [5, 5.41) is 4.35. The van der Waals surface area contributed by atoms with Crippen molar-refractivity contribution in [3.63, 3.8) is 0 Å². The summed E-state index contributed by atoms with van der Waals surface area (Å²) < 4.78 is 4.35. The predicted molar refractivity (Wildman–Crippen MR) is 52.6 cm³/mol. The average molecular weight is 231 g/mol. The van der Waals surface area contributed by atoms with Crippen molar-refractivity contribution in [3.05, 3.63) is 38.8 Å². The first-order valence-electron chi connectivity index (χ1n) is 3.68. The van der Waals surface area contributed by atoms with Crippen LogP contribution in [0, 0.1) is 0 Å². The van der Waals surface area contributed by atoms with Crippen LogP contribution in [0.15, 0.2) is 27.5 Å². The number of benzene rings is 1. The van der Waals surface area contributed by atoms with E-state index in [9.17, 15) is 4.79 Å². The van der Waals surface area contributed by atoms with Crippen LogP contribution < -0.4 is 5.76 Å². The molecule has 0 aliphatic carbocycles. The molecule has 0 aliphatic rings. The average Bonchev–Trinajstić information content (AvgIpc) is 2.57. The molecule has 0 amide bonds. The molecule has 1 N–H and O–H groups in total. The van der Waals surface area contributed by atoms with Crippen molar-refractivity contribution in [1.82, 2.24) is 10.1 Å². The Balaban J connectivity index is 2.52. The maximum absolute atomic E-state index is 10.7. The highest BCUT2D eigenvalue weighted by atomic mass is 35.5. The Kier molecular flexibility index (Phi) is 2.31. The van der Waals surface area contributed by atoms with Gasteiger partial charge in [-0.2, -0.15) is 0 Å². The molecule has 0 saturated carbocycles.